The Kier molecular flexibility index (Phi) is 17.8. The van der Waals surface area contributed by atoms with Gasteiger partial charge in [0.1, 0.15) is 0 Å². The van der Waals surface area contributed by atoms with Gasteiger partial charge in [0, 0.05) is 21.1 Å². The van der Waals surface area contributed by atoms with Crippen LogP contribution in [0.25, 0.3) is 0 Å². The van der Waals surface area contributed by atoms with Crippen molar-refractivity contribution in [1.29, 1.82) is 0 Å². The second-order valence-corrected chi connectivity index (χ2v) is 14.1. The van der Waals surface area contributed by atoms with Gasteiger partial charge >= 0.3 is 0 Å². The summed E-state index contributed by atoms with van der Waals surface area (Å²) in [4.78, 5) is 0. The van der Waals surface area contributed by atoms with Crippen molar-refractivity contribution < 1.29 is 33.5 Å². The summed E-state index contributed by atoms with van der Waals surface area (Å²) in [6.45, 7) is 8.75. The molecule has 0 bridgehead atoms. The fourth-order valence-corrected chi connectivity index (χ4v) is 8.97. The molecule has 6 rings (SSSR count). The maximum atomic E-state index is 3.44. The molecule has 0 aliphatic heterocycles. The van der Waals surface area contributed by atoms with Crippen molar-refractivity contribution in [3.05, 3.63) is 202 Å². The van der Waals surface area contributed by atoms with Gasteiger partial charge in [0.25, 0.3) is 0 Å². The fraction of sp³-hybridized carbons (Fsp3) is 0.0250. The van der Waals surface area contributed by atoms with Gasteiger partial charge < -0.3 is 12.4 Å². The summed E-state index contributed by atoms with van der Waals surface area (Å²) in [5, 5.41) is 8.39. The van der Waals surface area contributed by atoms with Gasteiger partial charge in [0.2, 0.25) is 0 Å². The molecule has 44 heavy (non-hydrogen) atoms. The molecule has 6 aromatic carbocycles. The Morgan fingerprint density at radius 2 is 0.455 bits per heavy atom. The minimum atomic E-state index is -0.446. The summed E-state index contributed by atoms with van der Waals surface area (Å²) in [5.41, 5.74) is 0. The van der Waals surface area contributed by atoms with Gasteiger partial charge in [0.05, 0.1) is 0 Å². The predicted molar refractivity (Wildman–Crippen MR) is 190 cm³/mol. The van der Waals surface area contributed by atoms with E-state index in [1.54, 1.807) is 0 Å². The molecule has 0 aromatic heterocycles. The first-order valence-electron chi connectivity index (χ1n) is 14.0. The van der Waals surface area contributed by atoms with Gasteiger partial charge in [-0.05, 0) is 67.4 Å². The van der Waals surface area contributed by atoms with Crippen LogP contribution >= 0.6 is 15.8 Å². The van der Waals surface area contributed by atoms with Crippen LogP contribution in [0, 0.1) is 19.8 Å². The molecule has 0 nitrogen and oxygen atoms in total. The first kappa shape index (κ1) is 37.3. The van der Waals surface area contributed by atoms with Crippen LogP contribution in [0.5, 0.6) is 0 Å². The van der Waals surface area contributed by atoms with E-state index in [1.807, 2.05) is 6.92 Å². The van der Waals surface area contributed by atoms with Crippen LogP contribution in [-0.2, 0) is 21.1 Å². The third-order valence-corrected chi connectivity index (χ3v) is 11.0. The zero-order chi connectivity index (χ0) is 29.4. The molecule has 3 radical (unpaired) electrons. The maximum Gasteiger partial charge on any atom is 0 e. The van der Waals surface area contributed by atoms with E-state index in [0.717, 1.165) is 5.92 Å². The van der Waals surface area contributed by atoms with Crippen LogP contribution in [0.3, 0.4) is 0 Å². The minimum Gasteiger partial charge on any atom is -1.00 e. The molecular formula is C40H37ClP2Pt-. The van der Waals surface area contributed by atoms with E-state index in [4.69, 9.17) is 0 Å². The first-order chi connectivity index (χ1) is 20.6. The van der Waals surface area contributed by atoms with E-state index in [0.29, 0.717) is 0 Å². The van der Waals surface area contributed by atoms with Crippen LogP contribution in [0.1, 0.15) is 6.92 Å². The van der Waals surface area contributed by atoms with Crippen LogP contribution < -0.4 is 44.2 Å². The number of hydrogen-bond donors (Lipinski definition) is 0. The molecular weight excluding hydrogens is 773 g/mol. The fourth-order valence-electron chi connectivity index (χ4n) is 4.36. The second-order valence-electron chi connectivity index (χ2n) is 9.64. The van der Waals surface area contributed by atoms with Crippen molar-refractivity contribution in [1.82, 2.24) is 0 Å². The van der Waals surface area contributed by atoms with Gasteiger partial charge in [-0.2, -0.15) is 0 Å². The van der Waals surface area contributed by atoms with Crippen molar-refractivity contribution >= 4 is 47.7 Å². The molecule has 0 heterocycles. The molecule has 6 aromatic rings. The van der Waals surface area contributed by atoms with Crippen molar-refractivity contribution in [2.75, 3.05) is 0 Å². The topological polar surface area (TPSA) is 0 Å². The van der Waals surface area contributed by atoms with Gasteiger partial charge in [-0.3, -0.25) is 0 Å². The van der Waals surface area contributed by atoms with Crippen LogP contribution in [0.4, 0.5) is 0 Å². The van der Waals surface area contributed by atoms with E-state index in [1.165, 1.54) is 31.8 Å². The monoisotopic (exact) mass is 809 g/mol. The molecule has 0 unspecified atom stereocenters. The molecule has 0 aliphatic carbocycles. The summed E-state index contributed by atoms with van der Waals surface area (Å²) < 4.78 is 0. The summed E-state index contributed by atoms with van der Waals surface area (Å²) in [6.07, 6.45) is 0. The van der Waals surface area contributed by atoms with Crippen LogP contribution in [-0.4, -0.2) is 0 Å². The van der Waals surface area contributed by atoms with Crippen molar-refractivity contribution in [3.8, 4) is 0 Å². The molecule has 0 fully saturated rings. The third kappa shape index (κ3) is 11.9. The molecule has 0 atom stereocenters. The van der Waals surface area contributed by atoms with Gasteiger partial charge in [0.15, 0.2) is 0 Å². The zero-order valence-corrected chi connectivity index (χ0v) is 29.6. The summed E-state index contributed by atoms with van der Waals surface area (Å²) in [5.74, 6) is 0.917. The average Bonchev–Trinajstić information content (AvgIpc) is 3.05. The van der Waals surface area contributed by atoms with Crippen LogP contribution in [0.15, 0.2) is 182 Å². The number of halogens is 1. The molecule has 0 saturated carbocycles. The Morgan fingerprint density at radius 3 is 0.568 bits per heavy atom. The largest absolute Gasteiger partial charge is 1.00 e. The SMILES string of the molecule is [CH2][C]([CH2])C.[Cl-].[Pt].c1ccc(P(c2ccccc2)c2ccccc2)cc1.c1ccc(P(c2ccccc2)c2ccccc2)cc1. The molecule has 4 heteroatoms. The number of benzene rings is 6. The Balaban J connectivity index is 0.000000263. The smallest absolute Gasteiger partial charge is 0 e. The van der Waals surface area contributed by atoms with E-state index in [-0.39, 0.29) is 33.5 Å². The summed E-state index contributed by atoms with van der Waals surface area (Å²) >= 11 is 0. The van der Waals surface area contributed by atoms with E-state index >= 15 is 0 Å². The van der Waals surface area contributed by atoms with Crippen LogP contribution in [0.2, 0.25) is 0 Å². The standard InChI is InChI=1S/2C18H15P.C4H7.ClH.Pt/c2*1-4-10-16(11-5-1)19(17-12-6-2-7-13-17)18-14-8-3-9-15-18;1-4(2)3;;/h2*1-15H;1-2H2,3H3;1H;/p-1. The Morgan fingerprint density at radius 1 is 0.341 bits per heavy atom. The predicted octanol–water partition coefficient (Wildman–Crippen LogP) is 5.14. The third-order valence-electron chi connectivity index (χ3n) is 6.09. The van der Waals surface area contributed by atoms with Gasteiger partial charge in [-0.1, -0.05) is 189 Å². The van der Waals surface area contributed by atoms with Gasteiger partial charge in [-0.25, -0.2) is 0 Å². The minimum absolute atomic E-state index is 0. The maximum absolute atomic E-state index is 3.44. The Hall–Kier alpha value is -2.84. The molecule has 0 saturated heterocycles. The zero-order valence-electron chi connectivity index (χ0n) is 24.8. The summed E-state index contributed by atoms with van der Waals surface area (Å²) in [6, 6.07) is 64.7. The molecule has 0 N–H and O–H groups in total. The van der Waals surface area contributed by atoms with E-state index in [9.17, 15) is 0 Å². The Labute approximate surface area is 288 Å². The molecule has 0 spiro atoms. The molecule has 0 aliphatic rings. The molecule has 225 valence electrons. The van der Waals surface area contributed by atoms with Crippen molar-refractivity contribution in [2.24, 2.45) is 0 Å². The Bertz CT molecular complexity index is 1230. The van der Waals surface area contributed by atoms with Crippen molar-refractivity contribution in [2.45, 2.75) is 6.92 Å². The van der Waals surface area contributed by atoms with Crippen molar-refractivity contribution in [3.63, 3.8) is 0 Å². The first-order valence-corrected chi connectivity index (χ1v) is 16.7. The van der Waals surface area contributed by atoms with Gasteiger partial charge in [-0.15, -0.1) is 0 Å². The molecule has 0 amide bonds. The normalized spacial score (nSPS) is 9.95. The average molecular weight is 810 g/mol. The van der Waals surface area contributed by atoms with E-state index in [2.05, 4.69) is 196 Å². The number of hydrogen-bond acceptors (Lipinski definition) is 0. The number of rotatable bonds is 6. The second kappa shape index (κ2) is 21.0. The summed E-state index contributed by atoms with van der Waals surface area (Å²) in [7, 11) is -0.892. The van der Waals surface area contributed by atoms with E-state index < -0.39 is 15.8 Å². The quantitative estimate of drug-likeness (QED) is 0.205.